The van der Waals surface area contributed by atoms with Gasteiger partial charge in [0.15, 0.2) is 5.82 Å². The number of hydrogen-bond acceptors (Lipinski definition) is 4. The second-order valence-electron chi connectivity index (χ2n) is 6.01. The minimum absolute atomic E-state index is 0.561. The lowest BCUT2D eigenvalue weighted by atomic mass is 9.91. The quantitative estimate of drug-likeness (QED) is 0.886. The number of fused-ring (bicyclic) bond motifs is 1. The summed E-state index contributed by atoms with van der Waals surface area (Å²) in [5, 5.41) is 8.82. The first-order valence-corrected chi connectivity index (χ1v) is 7.52. The molecule has 4 nitrogen and oxygen atoms in total. The van der Waals surface area contributed by atoms with E-state index in [1.54, 1.807) is 0 Å². The van der Waals surface area contributed by atoms with Crippen LogP contribution in [0.15, 0.2) is 0 Å². The summed E-state index contributed by atoms with van der Waals surface area (Å²) in [6.45, 7) is 5.81. The molecule has 2 aliphatic rings. The SMILES string of the molecule is Cc1nnc(N2CCCC3CCCC32)c(CN)c1C. The first kappa shape index (κ1) is 12.9. The van der Waals surface area contributed by atoms with Gasteiger partial charge in [-0.25, -0.2) is 0 Å². The summed E-state index contributed by atoms with van der Waals surface area (Å²) in [6.07, 6.45) is 6.72. The van der Waals surface area contributed by atoms with E-state index in [-0.39, 0.29) is 0 Å². The molecule has 19 heavy (non-hydrogen) atoms. The Hall–Kier alpha value is -1.16. The number of nitrogens with two attached hydrogens (primary N) is 1. The molecule has 1 aliphatic carbocycles. The van der Waals surface area contributed by atoms with Gasteiger partial charge in [0.2, 0.25) is 0 Å². The third kappa shape index (κ3) is 2.12. The molecule has 2 unspecified atom stereocenters. The van der Waals surface area contributed by atoms with Crippen molar-refractivity contribution in [2.24, 2.45) is 11.7 Å². The summed E-state index contributed by atoms with van der Waals surface area (Å²) >= 11 is 0. The average Bonchev–Trinajstić information content (AvgIpc) is 2.90. The van der Waals surface area contributed by atoms with E-state index in [2.05, 4.69) is 22.0 Å². The van der Waals surface area contributed by atoms with E-state index >= 15 is 0 Å². The molecule has 104 valence electrons. The van der Waals surface area contributed by atoms with Gasteiger partial charge in [0.25, 0.3) is 0 Å². The predicted molar refractivity (Wildman–Crippen MR) is 77.1 cm³/mol. The molecule has 0 aromatic carbocycles. The van der Waals surface area contributed by atoms with Crippen LogP contribution in [0.1, 0.15) is 48.9 Å². The van der Waals surface area contributed by atoms with Crippen molar-refractivity contribution >= 4 is 5.82 Å². The van der Waals surface area contributed by atoms with E-state index in [4.69, 9.17) is 5.73 Å². The zero-order valence-corrected chi connectivity index (χ0v) is 12.0. The average molecular weight is 260 g/mol. The van der Waals surface area contributed by atoms with Crippen LogP contribution in [0.2, 0.25) is 0 Å². The van der Waals surface area contributed by atoms with Crippen molar-refractivity contribution in [3.05, 3.63) is 16.8 Å². The van der Waals surface area contributed by atoms with Gasteiger partial charge in [-0.1, -0.05) is 6.42 Å². The normalized spacial score (nSPS) is 26.6. The van der Waals surface area contributed by atoms with Crippen LogP contribution >= 0.6 is 0 Å². The fourth-order valence-electron chi connectivity index (χ4n) is 3.84. The second-order valence-corrected chi connectivity index (χ2v) is 6.01. The smallest absolute Gasteiger partial charge is 0.156 e. The standard InChI is InChI=1S/C15H24N4/c1-10-11(2)17-18-15(13(10)9-16)19-8-4-6-12-5-3-7-14(12)19/h12,14H,3-9,16H2,1-2H3. The highest BCUT2D eigenvalue weighted by Crippen LogP contribution is 2.39. The largest absolute Gasteiger partial charge is 0.352 e. The fourth-order valence-corrected chi connectivity index (χ4v) is 3.84. The Bertz CT molecular complexity index is 471. The van der Waals surface area contributed by atoms with Crippen LogP contribution in [0.5, 0.6) is 0 Å². The number of hydrogen-bond donors (Lipinski definition) is 1. The van der Waals surface area contributed by atoms with Crippen LogP contribution in [0.25, 0.3) is 0 Å². The third-order valence-electron chi connectivity index (χ3n) is 5.03. The van der Waals surface area contributed by atoms with E-state index in [9.17, 15) is 0 Å². The highest BCUT2D eigenvalue weighted by atomic mass is 15.3. The maximum absolute atomic E-state index is 5.97. The van der Waals surface area contributed by atoms with E-state index in [1.807, 2.05) is 6.92 Å². The lowest BCUT2D eigenvalue weighted by Gasteiger charge is -2.39. The Balaban J connectivity index is 1.99. The molecule has 1 saturated heterocycles. The van der Waals surface area contributed by atoms with Crippen molar-refractivity contribution in [2.45, 2.75) is 58.5 Å². The van der Waals surface area contributed by atoms with E-state index in [0.29, 0.717) is 12.6 Å². The maximum atomic E-state index is 5.97. The van der Waals surface area contributed by atoms with Crippen molar-refractivity contribution in [1.82, 2.24) is 10.2 Å². The van der Waals surface area contributed by atoms with Gasteiger partial charge < -0.3 is 10.6 Å². The van der Waals surface area contributed by atoms with Gasteiger partial charge in [0, 0.05) is 24.7 Å². The molecule has 2 atom stereocenters. The van der Waals surface area contributed by atoms with Crippen molar-refractivity contribution < 1.29 is 0 Å². The summed E-state index contributed by atoms with van der Waals surface area (Å²) in [5.41, 5.74) is 9.38. The minimum atomic E-state index is 0.561. The number of piperidine rings is 1. The number of rotatable bonds is 2. The molecule has 0 spiro atoms. The molecule has 2 fully saturated rings. The van der Waals surface area contributed by atoms with Crippen molar-refractivity contribution in [2.75, 3.05) is 11.4 Å². The topological polar surface area (TPSA) is 55.0 Å². The molecule has 1 aromatic rings. The van der Waals surface area contributed by atoms with Crippen LogP contribution < -0.4 is 10.6 Å². The van der Waals surface area contributed by atoms with Crippen LogP contribution in [0.3, 0.4) is 0 Å². The Morgan fingerprint density at radius 1 is 1.16 bits per heavy atom. The van der Waals surface area contributed by atoms with Crippen LogP contribution in [0.4, 0.5) is 5.82 Å². The van der Waals surface area contributed by atoms with Gasteiger partial charge in [-0.15, -0.1) is 5.10 Å². The summed E-state index contributed by atoms with van der Waals surface area (Å²) in [6, 6.07) is 0.676. The molecule has 4 heteroatoms. The molecule has 0 radical (unpaired) electrons. The highest BCUT2D eigenvalue weighted by Gasteiger charge is 2.36. The minimum Gasteiger partial charge on any atom is -0.352 e. The molecule has 1 aliphatic heterocycles. The second kappa shape index (κ2) is 5.08. The van der Waals surface area contributed by atoms with Crippen molar-refractivity contribution in [3.8, 4) is 0 Å². The van der Waals surface area contributed by atoms with Gasteiger partial charge in [-0.3, -0.25) is 0 Å². The number of nitrogens with zero attached hydrogens (tertiary/aromatic N) is 3. The number of aromatic nitrogens is 2. The number of aryl methyl sites for hydroxylation is 1. The van der Waals surface area contributed by atoms with Gasteiger partial charge in [0.05, 0.1) is 5.69 Å². The molecular weight excluding hydrogens is 236 g/mol. The van der Waals surface area contributed by atoms with E-state index in [0.717, 1.165) is 24.0 Å². The first-order valence-electron chi connectivity index (χ1n) is 7.52. The van der Waals surface area contributed by atoms with Gasteiger partial charge >= 0.3 is 0 Å². The van der Waals surface area contributed by atoms with E-state index in [1.165, 1.54) is 43.2 Å². The van der Waals surface area contributed by atoms with E-state index < -0.39 is 0 Å². The van der Waals surface area contributed by atoms with Crippen molar-refractivity contribution in [1.29, 1.82) is 0 Å². The zero-order valence-electron chi connectivity index (χ0n) is 12.0. The van der Waals surface area contributed by atoms with Gasteiger partial charge in [0.1, 0.15) is 0 Å². The van der Waals surface area contributed by atoms with Crippen LogP contribution in [0, 0.1) is 19.8 Å². The predicted octanol–water partition coefficient (Wildman–Crippen LogP) is 2.32. The molecule has 0 bridgehead atoms. The Morgan fingerprint density at radius 3 is 2.74 bits per heavy atom. The summed E-state index contributed by atoms with van der Waals surface area (Å²) in [5.74, 6) is 1.92. The van der Waals surface area contributed by atoms with Gasteiger partial charge in [-0.05, 0) is 51.0 Å². The molecule has 2 heterocycles. The first-order chi connectivity index (χ1) is 9.22. The Morgan fingerprint density at radius 2 is 1.95 bits per heavy atom. The summed E-state index contributed by atoms with van der Waals surface area (Å²) < 4.78 is 0. The zero-order chi connectivity index (χ0) is 13.4. The third-order valence-corrected chi connectivity index (χ3v) is 5.03. The molecule has 1 aromatic heterocycles. The Labute approximate surface area is 115 Å². The lowest BCUT2D eigenvalue weighted by molar-refractivity contribution is 0.359. The van der Waals surface area contributed by atoms with Crippen LogP contribution in [-0.4, -0.2) is 22.8 Å². The number of anilines is 1. The van der Waals surface area contributed by atoms with Crippen molar-refractivity contribution in [3.63, 3.8) is 0 Å². The molecule has 1 saturated carbocycles. The fraction of sp³-hybridized carbons (Fsp3) is 0.733. The highest BCUT2D eigenvalue weighted by molar-refractivity contribution is 5.52. The molecular formula is C15H24N4. The molecule has 3 rings (SSSR count). The summed E-state index contributed by atoms with van der Waals surface area (Å²) in [4.78, 5) is 2.50. The van der Waals surface area contributed by atoms with Crippen LogP contribution in [-0.2, 0) is 6.54 Å². The maximum Gasteiger partial charge on any atom is 0.156 e. The van der Waals surface area contributed by atoms with Gasteiger partial charge in [-0.2, -0.15) is 5.10 Å². The summed E-state index contributed by atoms with van der Waals surface area (Å²) in [7, 11) is 0. The molecule has 2 N–H and O–H groups in total. The molecule has 0 amide bonds. The lowest BCUT2D eigenvalue weighted by Crippen LogP contribution is -2.44. The Kier molecular flexibility index (Phi) is 3.44. The monoisotopic (exact) mass is 260 g/mol.